The zero-order chi connectivity index (χ0) is 20.5. The standard InChI is InChI=1S/C21H20Cl2N2O3/c1-3-4-7-28-19-6-5-14(9-20(19)27-2)8-15(13-24)21(26)25-18-11-16(22)10-17(23)12-18/h5-6,8-12H,3-4,7H2,1-2H3,(H,25,26). The molecule has 1 amide bonds. The van der Waals surface area contributed by atoms with E-state index in [4.69, 9.17) is 32.7 Å². The van der Waals surface area contributed by atoms with Gasteiger partial charge in [-0.1, -0.05) is 42.6 Å². The van der Waals surface area contributed by atoms with Crippen LogP contribution in [-0.2, 0) is 4.79 Å². The van der Waals surface area contributed by atoms with Crippen molar-refractivity contribution in [3.05, 3.63) is 57.6 Å². The first-order valence-corrected chi connectivity index (χ1v) is 9.42. The smallest absolute Gasteiger partial charge is 0.266 e. The predicted molar refractivity (Wildman–Crippen MR) is 112 cm³/mol. The number of hydrogen-bond acceptors (Lipinski definition) is 4. The number of halogens is 2. The van der Waals surface area contributed by atoms with Gasteiger partial charge in [-0.3, -0.25) is 4.79 Å². The van der Waals surface area contributed by atoms with Gasteiger partial charge in [0.05, 0.1) is 13.7 Å². The highest BCUT2D eigenvalue weighted by Gasteiger charge is 2.12. The lowest BCUT2D eigenvalue weighted by Crippen LogP contribution is -2.13. The van der Waals surface area contributed by atoms with Crippen molar-refractivity contribution in [1.82, 2.24) is 0 Å². The van der Waals surface area contributed by atoms with Gasteiger partial charge < -0.3 is 14.8 Å². The van der Waals surface area contributed by atoms with E-state index in [1.165, 1.54) is 13.2 Å². The average Bonchev–Trinajstić information content (AvgIpc) is 2.66. The number of hydrogen-bond donors (Lipinski definition) is 1. The van der Waals surface area contributed by atoms with Crippen molar-refractivity contribution < 1.29 is 14.3 Å². The first-order chi connectivity index (χ1) is 13.5. The van der Waals surface area contributed by atoms with E-state index >= 15 is 0 Å². The van der Waals surface area contributed by atoms with Gasteiger partial charge in [-0.15, -0.1) is 0 Å². The molecular weight excluding hydrogens is 399 g/mol. The van der Waals surface area contributed by atoms with Gasteiger partial charge >= 0.3 is 0 Å². The Balaban J connectivity index is 2.20. The second-order valence-corrected chi connectivity index (χ2v) is 6.77. The largest absolute Gasteiger partial charge is 0.493 e. The number of carbonyl (C=O) groups excluding carboxylic acids is 1. The lowest BCUT2D eigenvalue weighted by molar-refractivity contribution is -0.112. The molecule has 5 nitrogen and oxygen atoms in total. The summed E-state index contributed by atoms with van der Waals surface area (Å²) in [5.74, 6) is 0.580. The molecule has 28 heavy (non-hydrogen) atoms. The van der Waals surface area contributed by atoms with Gasteiger partial charge in [0.2, 0.25) is 0 Å². The average molecular weight is 419 g/mol. The number of nitriles is 1. The zero-order valence-electron chi connectivity index (χ0n) is 15.6. The topological polar surface area (TPSA) is 71.3 Å². The number of amides is 1. The number of methoxy groups -OCH3 is 1. The molecule has 0 aliphatic heterocycles. The minimum atomic E-state index is -0.567. The molecule has 1 N–H and O–H groups in total. The number of anilines is 1. The van der Waals surface area contributed by atoms with Gasteiger partial charge in [0.25, 0.3) is 5.91 Å². The Morgan fingerprint density at radius 2 is 1.89 bits per heavy atom. The van der Waals surface area contributed by atoms with E-state index in [2.05, 4.69) is 12.2 Å². The third-order valence-electron chi connectivity index (χ3n) is 3.74. The Labute approximate surface area is 174 Å². The van der Waals surface area contributed by atoms with E-state index in [1.54, 1.807) is 36.4 Å². The second-order valence-electron chi connectivity index (χ2n) is 5.89. The Hall–Kier alpha value is -2.68. The van der Waals surface area contributed by atoms with E-state index in [0.29, 0.717) is 39.4 Å². The third-order valence-corrected chi connectivity index (χ3v) is 4.18. The molecule has 0 spiro atoms. The lowest BCUT2D eigenvalue weighted by atomic mass is 10.1. The van der Waals surface area contributed by atoms with Gasteiger partial charge in [0, 0.05) is 15.7 Å². The molecule has 7 heteroatoms. The van der Waals surface area contributed by atoms with Crippen LogP contribution in [0.4, 0.5) is 5.69 Å². The van der Waals surface area contributed by atoms with Crippen LogP contribution in [0.1, 0.15) is 25.3 Å². The van der Waals surface area contributed by atoms with Crippen LogP contribution < -0.4 is 14.8 Å². The molecule has 0 aromatic heterocycles. The molecule has 2 rings (SSSR count). The number of ether oxygens (including phenoxy) is 2. The van der Waals surface area contributed by atoms with Crippen molar-refractivity contribution in [3.8, 4) is 17.6 Å². The number of carbonyl (C=O) groups is 1. The maximum absolute atomic E-state index is 12.4. The maximum Gasteiger partial charge on any atom is 0.266 e. The molecule has 0 saturated heterocycles. The summed E-state index contributed by atoms with van der Waals surface area (Å²) >= 11 is 11.9. The minimum absolute atomic E-state index is 0.0715. The van der Waals surface area contributed by atoms with Crippen molar-refractivity contribution in [2.24, 2.45) is 0 Å². The summed E-state index contributed by atoms with van der Waals surface area (Å²) in [6.45, 7) is 2.68. The highest BCUT2D eigenvalue weighted by molar-refractivity contribution is 6.35. The Bertz CT molecular complexity index is 900. The van der Waals surface area contributed by atoms with Crippen LogP contribution >= 0.6 is 23.2 Å². The number of nitrogens with zero attached hydrogens (tertiary/aromatic N) is 1. The molecule has 0 radical (unpaired) electrons. The number of rotatable bonds is 8. The summed E-state index contributed by atoms with van der Waals surface area (Å²) in [6.07, 6.45) is 3.44. The van der Waals surface area contributed by atoms with Crippen LogP contribution in [0.2, 0.25) is 10.0 Å². The highest BCUT2D eigenvalue weighted by atomic mass is 35.5. The fourth-order valence-electron chi connectivity index (χ4n) is 2.36. The molecule has 0 aliphatic rings. The molecule has 2 aromatic rings. The van der Waals surface area contributed by atoms with Gasteiger partial charge in [-0.25, -0.2) is 0 Å². The van der Waals surface area contributed by atoms with Gasteiger partial charge in [-0.2, -0.15) is 5.26 Å². The Morgan fingerprint density at radius 1 is 1.18 bits per heavy atom. The second kappa shape index (κ2) is 10.6. The van der Waals surface area contributed by atoms with E-state index in [0.717, 1.165) is 12.8 Å². The Kier molecular flexibility index (Phi) is 8.19. The van der Waals surface area contributed by atoms with E-state index < -0.39 is 5.91 Å². The maximum atomic E-state index is 12.4. The number of unbranched alkanes of at least 4 members (excludes halogenated alkanes) is 1. The van der Waals surface area contributed by atoms with Crippen LogP contribution in [0, 0.1) is 11.3 Å². The van der Waals surface area contributed by atoms with Crippen molar-refractivity contribution in [1.29, 1.82) is 5.26 Å². The molecule has 0 heterocycles. The van der Waals surface area contributed by atoms with Crippen LogP contribution in [0.5, 0.6) is 11.5 Å². The first-order valence-electron chi connectivity index (χ1n) is 8.67. The lowest BCUT2D eigenvalue weighted by Gasteiger charge is -2.11. The third kappa shape index (κ3) is 6.19. The fourth-order valence-corrected chi connectivity index (χ4v) is 2.89. The van der Waals surface area contributed by atoms with E-state index in [9.17, 15) is 10.1 Å². The van der Waals surface area contributed by atoms with E-state index in [-0.39, 0.29) is 5.57 Å². The van der Waals surface area contributed by atoms with E-state index in [1.807, 2.05) is 6.07 Å². The molecular formula is C21H20Cl2N2O3. The van der Waals surface area contributed by atoms with Crippen LogP contribution in [-0.4, -0.2) is 19.6 Å². The van der Waals surface area contributed by atoms with Gasteiger partial charge in [0.1, 0.15) is 11.6 Å². The number of benzene rings is 2. The van der Waals surface area contributed by atoms with Crippen molar-refractivity contribution >= 4 is 40.9 Å². The molecule has 0 atom stereocenters. The molecule has 0 bridgehead atoms. The fraction of sp³-hybridized carbons (Fsp3) is 0.238. The summed E-state index contributed by atoms with van der Waals surface area (Å²) in [7, 11) is 1.54. The highest BCUT2D eigenvalue weighted by Crippen LogP contribution is 2.29. The Morgan fingerprint density at radius 3 is 2.50 bits per heavy atom. The van der Waals surface area contributed by atoms with Crippen LogP contribution in [0.3, 0.4) is 0 Å². The summed E-state index contributed by atoms with van der Waals surface area (Å²) in [5, 5.41) is 12.8. The summed E-state index contributed by atoms with van der Waals surface area (Å²) < 4.78 is 11.0. The van der Waals surface area contributed by atoms with Crippen molar-refractivity contribution in [2.45, 2.75) is 19.8 Å². The molecule has 0 aliphatic carbocycles. The summed E-state index contributed by atoms with van der Waals surface area (Å²) in [5.41, 5.74) is 0.967. The SMILES string of the molecule is CCCCOc1ccc(C=C(C#N)C(=O)Nc2cc(Cl)cc(Cl)c2)cc1OC. The van der Waals surface area contributed by atoms with Crippen LogP contribution in [0.15, 0.2) is 42.0 Å². The normalized spacial score (nSPS) is 10.9. The van der Waals surface area contributed by atoms with Crippen LogP contribution in [0.25, 0.3) is 6.08 Å². The monoisotopic (exact) mass is 418 g/mol. The molecule has 0 fully saturated rings. The zero-order valence-corrected chi connectivity index (χ0v) is 17.1. The predicted octanol–water partition coefficient (Wildman–Crippen LogP) is 5.73. The van der Waals surface area contributed by atoms with Crippen molar-refractivity contribution in [2.75, 3.05) is 19.0 Å². The molecule has 0 saturated carbocycles. The summed E-state index contributed by atoms with van der Waals surface area (Å²) in [4.78, 5) is 12.4. The van der Waals surface area contributed by atoms with Crippen molar-refractivity contribution in [3.63, 3.8) is 0 Å². The molecule has 2 aromatic carbocycles. The quantitative estimate of drug-likeness (QED) is 0.337. The summed E-state index contributed by atoms with van der Waals surface area (Å²) in [6, 6.07) is 11.8. The van der Waals surface area contributed by atoms with Gasteiger partial charge in [-0.05, 0) is 48.4 Å². The first kappa shape index (κ1) is 21.6. The number of nitrogens with one attached hydrogen (secondary N) is 1. The molecule has 0 unspecified atom stereocenters. The van der Waals surface area contributed by atoms with Gasteiger partial charge in [0.15, 0.2) is 11.5 Å². The molecule has 146 valence electrons. The minimum Gasteiger partial charge on any atom is -0.493 e.